The number of carbonyl (C=O) groups excluding carboxylic acids is 2. The maximum absolute atomic E-state index is 13.9. The largest absolute Gasteiger partial charge is 0.345 e. The molecule has 0 radical (unpaired) electrons. The van der Waals surface area contributed by atoms with Crippen molar-refractivity contribution in [1.82, 2.24) is 14.9 Å². The summed E-state index contributed by atoms with van der Waals surface area (Å²) >= 11 is 0. The summed E-state index contributed by atoms with van der Waals surface area (Å²) in [6.45, 7) is 1.00. The molecule has 0 bridgehead atoms. The molecule has 0 spiro atoms. The van der Waals surface area contributed by atoms with Gasteiger partial charge in [0.1, 0.15) is 5.82 Å². The minimum Gasteiger partial charge on any atom is -0.345 e. The van der Waals surface area contributed by atoms with Crippen LogP contribution in [0.15, 0.2) is 54.6 Å². The predicted molar refractivity (Wildman–Crippen MR) is 107 cm³/mol. The third-order valence-electron chi connectivity index (χ3n) is 4.95. The van der Waals surface area contributed by atoms with Crippen molar-refractivity contribution in [3.05, 3.63) is 83.2 Å². The summed E-state index contributed by atoms with van der Waals surface area (Å²) in [6, 6.07) is 15.5. The van der Waals surface area contributed by atoms with Gasteiger partial charge in [-0.15, -0.1) is 0 Å². The highest BCUT2D eigenvalue weighted by molar-refractivity contribution is 6.05. The van der Waals surface area contributed by atoms with E-state index < -0.39 is 11.7 Å². The van der Waals surface area contributed by atoms with E-state index in [-0.39, 0.29) is 23.1 Å². The highest BCUT2D eigenvalue weighted by atomic mass is 19.1. The lowest BCUT2D eigenvalue weighted by Gasteiger charge is -2.17. The number of hydrogen-bond acceptors (Lipinski definition) is 3. The summed E-state index contributed by atoms with van der Waals surface area (Å²) in [7, 11) is 0. The normalized spacial score (nSPS) is 12.9. The van der Waals surface area contributed by atoms with E-state index in [1.54, 1.807) is 16.7 Å². The van der Waals surface area contributed by atoms with Crippen LogP contribution in [-0.2, 0) is 19.5 Å². The van der Waals surface area contributed by atoms with Gasteiger partial charge in [-0.2, -0.15) is 0 Å². The minimum absolute atomic E-state index is 0.0881. The molecule has 1 aromatic heterocycles. The van der Waals surface area contributed by atoms with Crippen LogP contribution in [0.1, 0.15) is 45.2 Å². The zero-order valence-corrected chi connectivity index (χ0v) is 15.8. The molecular weight excluding hydrogens is 371 g/mol. The molecule has 0 saturated carbocycles. The van der Waals surface area contributed by atoms with E-state index in [0.29, 0.717) is 19.5 Å². The number of halogens is 1. The van der Waals surface area contributed by atoms with E-state index in [9.17, 15) is 14.0 Å². The Kier molecular flexibility index (Phi) is 5.37. The number of nitrogens with one attached hydrogen (secondary N) is 2. The SMILES string of the molecule is O=C(Nc1ccccc1F)c1nc(C(=O)NCc2ccccc2)n2c1CCCC2. The van der Waals surface area contributed by atoms with E-state index >= 15 is 0 Å². The van der Waals surface area contributed by atoms with Crippen molar-refractivity contribution in [2.45, 2.75) is 32.4 Å². The predicted octanol–water partition coefficient (Wildman–Crippen LogP) is 3.54. The zero-order chi connectivity index (χ0) is 20.2. The third-order valence-corrected chi connectivity index (χ3v) is 4.95. The summed E-state index contributed by atoms with van der Waals surface area (Å²) in [4.78, 5) is 29.9. The third kappa shape index (κ3) is 4.03. The van der Waals surface area contributed by atoms with Gasteiger partial charge in [0.15, 0.2) is 11.5 Å². The molecule has 148 valence electrons. The number of imidazole rings is 1. The van der Waals surface area contributed by atoms with Crippen LogP contribution in [-0.4, -0.2) is 21.4 Å². The van der Waals surface area contributed by atoms with E-state index in [2.05, 4.69) is 15.6 Å². The summed E-state index contributed by atoms with van der Waals surface area (Å²) in [5.74, 6) is -1.14. The number of benzene rings is 2. The Morgan fingerprint density at radius 1 is 1.00 bits per heavy atom. The van der Waals surface area contributed by atoms with Gasteiger partial charge in [-0.3, -0.25) is 9.59 Å². The van der Waals surface area contributed by atoms with Crippen molar-refractivity contribution >= 4 is 17.5 Å². The first kappa shape index (κ1) is 18.9. The molecule has 2 aromatic carbocycles. The second kappa shape index (κ2) is 8.26. The highest BCUT2D eigenvalue weighted by Crippen LogP contribution is 2.23. The molecule has 2 N–H and O–H groups in total. The van der Waals surface area contributed by atoms with E-state index in [4.69, 9.17) is 0 Å². The van der Waals surface area contributed by atoms with E-state index in [0.717, 1.165) is 24.1 Å². The fourth-order valence-electron chi connectivity index (χ4n) is 3.50. The molecule has 0 atom stereocenters. The van der Waals surface area contributed by atoms with Gasteiger partial charge in [-0.1, -0.05) is 42.5 Å². The first-order chi connectivity index (χ1) is 14.1. The quantitative estimate of drug-likeness (QED) is 0.697. The van der Waals surface area contributed by atoms with Crippen LogP contribution in [0.25, 0.3) is 0 Å². The molecule has 7 heteroatoms. The molecule has 0 fully saturated rings. The number of hydrogen-bond donors (Lipinski definition) is 2. The van der Waals surface area contributed by atoms with Gasteiger partial charge in [0.05, 0.1) is 11.4 Å². The number of carbonyl (C=O) groups is 2. The Morgan fingerprint density at radius 3 is 2.55 bits per heavy atom. The van der Waals surface area contributed by atoms with Crippen molar-refractivity contribution < 1.29 is 14.0 Å². The number of fused-ring (bicyclic) bond motifs is 1. The maximum Gasteiger partial charge on any atom is 0.287 e. The molecule has 0 saturated heterocycles. The van der Waals surface area contributed by atoms with Crippen LogP contribution >= 0.6 is 0 Å². The first-order valence-electron chi connectivity index (χ1n) is 9.61. The van der Waals surface area contributed by atoms with Crippen molar-refractivity contribution in [2.75, 3.05) is 5.32 Å². The molecular formula is C22H21FN4O2. The van der Waals surface area contributed by atoms with Crippen LogP contribution in [0.3, 0.4) is 0 Å². The summed E-state index contributed by atoms with van der Waals surface area (Å²) in [6.07, 6.45) is 2.48. The van der Waals surface area contributed by atoms with Crippen LogP contribution in [0.5, 0.6) is 0 Å². The number of nitrogens with zero attached hydrogens (tertiary/aromatic N) is 2. The number of rotatable bonds is 5. The van der Waals surface area contributed by atoms with Gasteiger partial charge in [0.2, 0.25) is 0 Å². The Labute approximate surface area is 167 Å². The second-order valence-electron chi connectivity index (χ2n) is 6.94. The molecule has 4 rings (SSSR count). The lowest BCUT2D eigenvalue weighted by Crippen LogP contribution is -2.27. The molecule has 0 aliphatic carbocycles. The summed E-state index contributed by atoms with van der Waals surface area (Å²) < 4.78 is 15.7. The van der Waals surface area contributed by atoms with Gasteiger partial charge in [-0.25, -0.2) is 9.37 Å². The highest BCUT2D eigenvalue weighted by Gasteiger charge is 2.27. The topological polar surface area (TPSA) is 76.0 Å². The fraction of sp³-hybridized carbons (Fsp3) is 0.227. The lowest BCUT2D eigenvalue weighted by atomic mass is 10.1. The zero-order valence-electron chi connectivity index (χ0n) is 15.8. The molecule has 1 aliphatic rings. The van der Waals surface area contributed by atoms with Gasteiger partial charge in [-0.05, 0) is 37.0 Å². The average Bonchev–Trinajstić information content (AvgIpc) is 3.14. The smallest absolute Gasteiger partial charge is 0.287 e. The van der Waals surface area contributed by atoms with Crippen LogP contribution in [0, 0.1) is 5.82 Å². The molecule has 1 aliphatic heterocycles. The molecule has 3 aromatic rings. The fourth-order valence-corrected chi connectivity index (χ4v) is 3.50. The van der Waals surface area contributed by atoms with Gasteiger partial charge in [0, 0.05) is 13.1 Å². The van der Waals surface area contributed by atoms with Gasteiger partial charge in [0.25, 0.3) is 11.8 Å². The number of anilines is 1. The minimum atomic E-state index is -0.519. The molecule has 29 heavy (non-hydrogen) atoms. The van der Waals surface area contributed by atoms with Crippen molar-refractivity contribution in [2.24, 2.45) is 0 Å². The average molecular weight is 392 g/mol. The van der Waals surface area contributed by atoms with E-state index in [1.807, 2.05) is 30.3 Å². The maximum atomic E-state index is 13.9. The second-order valence-corrected chi connectivity index (χ2v) is 6.94. The number of amides is 2. The molecule has 6 nitrogen and oxygen atoms in total. The van der Waals surface area contributed by atoms with Gasteiger partial charge >= 0.3 is 0 Å². The van der Waals surface area contributed by atoms with Crippen molar-refractivity contribution in [1.29, 1.82) is 0 Å². The summed E-state index contributed by atoms with van der Waals surface area (Å²) in [5, 5.41) is 5.43. The van der Waals surface area contributed by atoms with Crippen LogP contribution in [0.2, 0.25) is 0 Å². The Morgan fingerprint density at radius 2 is 1.76 bits per heavy atom. The Bertz CT molecular complexity index is 1050. The van der Waals surface area contributed by atoms with Crippen LogP contribution in [0.4, 0.5) is 10.1 Å². The molecule has 2 amide bonds. The number of aromatic nitrogens is 2. The molecule has 0 unspecified atom stereocenters. The standard InChI is InChI=1S/C22H21FN4O2/c23-16-10-4-5-11-17(16)25-21(28)19-18-12-6-7-13-27(18)20(26-19)22(29)24-14-15-8-2-1-3-9-15/h1-5,8-11H,6-7,12-14H2,(H,24,29)(H,25,28). The molecule has 2 heterocycles. The number of para-hydroxylation sites is 1. The monoisotopic (exact) mass is 392 g/mol. The Hall–Kier alpha value is -3.48. The Balaban J connectivity index is 1.57. The van der Waals surface area contributed by atoms with Crippen LogP contribution < -0.4 is 10.6 Å². The van der Waals surface area contributed by atoms with E-state index in [1.165, 1.54) is 12.1 Å². The first-order valence-corrected chi connectivity index (χ1v) is 9.61. The van der Waals surface area contributed by atoms with Gasteiger partial charge < -0.3 is 15.2 Å². The summed E-state index contributed by atoms with van der Waals surface area (Å²) in [5.41, 5.74) is 1.96. The lowest BCUT2D eigenvalue weighted by molar-refractivity contribution is 0.0935. The van der Waals surface area contributed by atoms with Crippen molar-refractivity contribution in [3.8, 4) is 0 Å². The van der Waals surface area contributed by atoms with Crippen molar-refractivity contribution in [3.63, 3.8) is 0 Å².